The van der Waals surface area contributed by atoms with Crippen molar-refractivity contribution >= 4 is 11.6 Å². The van der Waals surface area contributed by atoms with E-state index in [2.05, 4.69) is 15.3 Å². The number of amides is 1. The van der Waals surface area contributed by atoms with Crippen LogP contribution >= 0.6 is 0 Å². The molecule has 3 aromatic heterocycles. The molecular formula is C18H20N4O2. The van der Waals surface area contributed by atoms with E-state index in [1.165, 1.54) is 0 Å². The standard InChI is InChI=1S/C18H20N4O2/c1-11-9-12(2)20-18(24-4)14(11)10-19-17(23)16-13(3)22-8-6-5-7-15(22)21-16/h5-9H,10H2,1-4H3,(H,19,23). The zero-order valence-corrected chi connectivity index (χ0v) is 14.3. The van der Waals surface area contributed by atoms with Crippen molar-refractivity contribution in [2.75, 3.05) is 7.11 Å². The summed E-state index contributed by atoms with van der Waals surface area (Å²) in [5.74, 6) is 0.331. The van der Waals surface area contributed by atoms with Crippen molar-refractivity contribution in [1.29, 1.82) is 0 Å². The Morgan fingerprint density at radius 1 is 1.25 bits per heavy atom. The zero-order valence-electron chi connectivity index (χ0n) is 14.3. The molecule has 0 bridgehead atoms. The zero-order chi connectivity index (χ0) is 17.3. The molecule has 0 aliphatic heterocycles. The molecule has 0 spiro atoms. The second-order valence-electron chi connectivity index (χ2n) is 5.73. The van der Waals surface area contributed by atoms with Crippen molar-refractivity contribution in [2.45, 2.75) is 27.3 Å². The molecule has 1 N–H and O–H groups in total. The van der Waals surface area contributed by atoms with Crippen molar-refractivity contribution in [1.82, 2.24) is 19.7 Å². The van der Waals surface area contributed by atoms with Gasteiger partial charge in [0.05, 0.1) is 12.8 Å². The summed E-state index contributed by atoms with van der Waals surface area (Å²) in [6.45, 7) is 6.12. The van der Waals surface area contributed by atoms with Crippen molar-refractivity contribution in [3.63, 3.8) is 0 Å². The number of aromatic nitrogens is 3. The Bertz CT molecular complexity index is 915. The summed E-state index contributed by atoms with van der Waals surface area (Å²) < 4.78 is 7.23. The maximum absolute atomic E-state index is 12.5. The van der Waals surface area contributed by atoms with Gasteiger partial charge < -0.3 is 14.5 Å². The number of hydrogen-bond donors (Lipinski definition) is 1. The Kier molecular flexibility index (Phi) is 4.20. The first-order valence-corrected chi connectivity index (χ1v) is 7.74. The summed E-state index contributed by atoms with van der Waals surface area (Å²) >= 11 is 0. The van der Waals surface area contributed by atoms with Gasteiger partial charge in [-0.15, -0.1) is 0 Å². The van der Waals surface area contributed by atoms with Crippen molar-refractivity contribution in [3.05, 3.63) is 58.7 Å². The minimum absolute atomic E-state index is 0.210. The summed E-state index contributed by atoms with van der Waals surface area (Å²) in [6.07, 6.45) is 1.89. The molecule has 124 valence electrons. The highest BCUT2D eigenvalue weighted by molar-refractivity contribution is 5.94. The van der Waals surface area contributed by atoms with Crippen LogP contribution in [0.5, 0.6) is 5.88 Å². The van der Waals surface area contributed by atoms with Crippen LogP contribution in [-0.4, -0.2) is 27.4 Å². The largest absolute Gasteiger partial charge is 0.481 e. The fourth-order valence-corrected chi connectivity index (χ4v) is 2.80. The molecule has 3 aromatic rings. The number of hydrogen-bond acceptors (Lipinski definition) is 4. The van der Waals surface area contributed by atoms with Crippen molar-refractivity contribution in [2.24, 2.45) is 0 Å². The van der Waals surface area contributed by atoms with E-state index in [4.69, 9.17) is 4.74 Å². The van der Waals surface area contributed by atoms with Gasteiger partial charge in [0, 0.05) is 24.0 Å². The number of aryl methyl sites for hydroxylation is 3. The van der Waals surface area contributed by atoms with Gasteiger partial charge in [-0.05, 0) is 44.5 Å². The van der Waals surface area contributed by atoms with Crippen LogP contribution in [0, 0.1) is 20.8 Å². The van der Waals surface area contributed by atoms with Crippen LogP contribution in [-0.2, 0) is 6.54 Å². The van der Waals surface area contributed by atoms with Crippen molar-refractivity contribution in [3.8, 4) is 5.88 Å². The molecule has 0 saturated heterocycles. The molecule has 3 heterocycles. The molecule has 6 nitrogen and oxygen atoms in total. The van der Waals surface area contributed by atoms with Crippen LogP contribution in [0.4, 0.5) is 0 Å². The van der Waals surface area contributed by atoms with E-state index in [-0.39, 0.29) is 5.91 Å². The first-order valence-electron chi connectivity index (χ1n) is 7.74. The molecule has 3 rings (SSSR count). The monoisotopic (exact) mass is 324 g/mol. The summed E-state index contributed by atoms with van der Waals surface area (Å²) in [4.78, 5) is 21.3. The van der Waals surface area contributed by atoms with Gasteiger partial charge in [-0.3, -0.25) is 4.79 Å². The quantitative estimate of drug-likeness (QED) is 0.801. The lowest BCUT2D eigenvalue weighted by Crippen LogP contribution is -2.25. The van der Waals surface area contributed by atoms with Crippen LogP contribution < -0.4 is 10.1 Å². The van der Waals surface area contributed by atoms with E-state index in [0.717, 1.165) is 28.2 Å². The van der Waals surface area contributed by atoms with E-state index in [9.17, 15) is 4.79 Å². The maximum Gasteiger partial charge on any atom is 0.272 e. The van der Waals surface area contributed by atoms with Gasteiger partial charge in [-0.25, -0.2) is 9.97 Å². The second kappa shape index (κ2) is 6.31. The van der Waals surface area contributed by atoms with Crippen LogP contribution in [0.15, 0.2) is 30.5 Å². The minimum Gasteiger partial charge on any atom is -0.481 e. The highest BCUT2D eigenvalue weighted by Crippen LogP contribution is 2.20. The Morgan fingerprint density at radius 3 is 2.75 bits per heavy atom. The molecule has 0 saturated carbocycles. The van der Waals surface area contributed by atoms with Gasteiger partial charge in [-0.1, -0.05) is 6.07 Å². The first-order chi connectivity index (χ1) is 11.5. The van der Waals surface area contributed by atoms with Crippen LogP contribution in [0.25, 0.3) is 5.65 Å². The number of rotatable bonds is 4. The summed E-state index contributed by atoms with van der Waals surface area (Å²) in [5, 5.41) is 2.92. The maximum atomic E-state index is 12.5. The summed E-state index contributed by atoms with van der Waals surface area (Å²) in [7, 11) is 1.58. The molecular weight excluding hydrogens is 304 g/mol. The number of nitrogens with one attached hydrogen (secondary N) is 1. The molecule has 0 unspecified atom stereocenters. The molecule has 6 heteroatoms. The van der Waals surface area contributed by atoms with Gasteiger partial charge in [0.1, 0.15) is 11.3 Å². The van der Waals surface area contributed by atoms with E-state index in [1.807, 2.05) is 55.6 Å². The van der Waals surface area contributed by atoms with Crippen LogP contribution in [0.3, 0.4) is 0 Å². The molecule has 0 fully saturated rings. The second-order valence-corrected chi connectivity index (χ2v) is 5.73. The fraction of sp³-hybridized carbons (Fsp3) is 0.278. The molecule has 1 amide bonds. The van der Waals surface area contributed by atoms with E-state index < -0.39 is 0 Å². The molecule has 0 radical (unpaired) electrons. The third-order valence-electron chi connectivity index (χ3n) is 4.04. The third-order valence-corrected chi connectivity index (χ3v) is 4.04. The predicted octanol–water partition coefficient (Wildman–Crippen LogP) is 2.59. The number of nitrogens with zero attached hydrogens (tertiary/aromatic N) is 3. The average molecular weight is 324 g/mol. The minimum atomic E-state index is -0.210. The molecule has 0 aliphatic rings. The normalized spacial score (nSPS) is 10.8. The van der Waals surface area contributed by atoms with E-state index in [1.54, 1.807) is 7.11 Å². The predicted molar refractivity (Wildman–Crippen MR) is 91.4 cm³/mol. The number of carbonyl (C=O) groups is 1. The number of pyridine rings is 2. The van der Waals surface area contributed by atoms with Gasteiger partial charge in [0.15, 0.2) is 0 Å². The van der Waals surface area contributed by atoms with Crippen LogP contribution in [0.2, 0.25) is 0 Å². The lowest BCUT2D eigenvalue weighted by molar-refractivity contribution is 0.0945. The Labute approximate surface area is 140 Å². The topological polar surface area (TPSA) is 68.5 Å². The third kappa shape index (κ3) is 2.82. The fourth-order valence-electron chi connectivity index (χ4n) is 2.80. The highest BCUT2D eigenvalue weighted by atomic mass is 16.5. The Balaban J connectivity index is 1.84. The Hall–Kier alpha value is -2.89. The SMILES string of the molecule is COc1nc(C)cc(C)c1CNC(=O)c1nc2ccccn2c1C. The summed E-state index contributed by atoms with van der Waals surface area (Å²) in [6, 6.07) is 7.66. The molecule has 24 heavy (non-hydrogen) atoms. The number of carbonyl (C=O) groups excluding carboxylic acids is 1. The lowest BCUT2D eigenvalue weighted by atomic mass is 10.1. The van der Waals surface area contributed by atoms with Gasteiger partial charge in [0.25, 0.3) is 5.91 Å². The van der Waals surface area contributed by atoms with Crippen molar-refractivity contribution < 1.29 is 9.53 Å². The summed E-state index contributed by atoms with van der Waals surface area (Å²) in [5.41, 5.74) is 4.79. The number of fused-ring (bicyclic) bond motifs is 1. The highest BCUT2D eigenvalue weighted by Gasteiger charge is 2.17. The van der Waals surface area contributed by atoms with E-state index >= 15 is 0 Å². The Morgan fingerprint density at radius 2 is 2.04 bits per heavy atom. The first kappa shape index (κ1) is 16.0. The van der Waals surface area contributed by atoms with E-state index in [0.29, 0.717) is 18.1 Å². The number of methoxy groups -OCH3 is 1. The lowest BCUT2D eigenvalue weighted by Gasteiger charge is -2.12. The molecule has 0 atom stereocenters. The average Bonchev–Trinajstić information content (AvgIpc) is 2.90. The molecule has 0 aliphatic carbocycles. The van der Waals surface area contributed by atoms with Gasteiger partial charge in [0.2, 0.25) is 5.88 Å². The number of ether oxygens (including phenoxy) is 1. The molecule has 0 aromatic carbocycles. The van der Waals surface area contributed by atoms with Crippen LogP contribution in [0.1, 0.15) is 33.0 Å². The van der Waals surface area contributed by atoms with Gasteiger partial charge in [-0.2, -0.15) is 0 Å². The number of imidazole rings is 1. The smallest absolute Gasteiger partial charge is 0.272 e. The van der Waals surface area contributed by atoms with Gasteiger partial charge >= 0.3 is 0 Å².